The quantitative estimate of drug-likeness (QED) is 0.386. The van der Waals surface area contributed by atoms with Crippen molar-refractivity contribution in [2.24, 2.45) is 0 Å². The number of halogens is 6. The van der Waals surface area contributed by atoms with Crippen LogP contribution in [-0.4, -0.2) is 32.0 Å². The molecule has 2 aromatic heterocycles. The van der Waals surface area contributed by atoms with Gasteiger partial charge in [-0.2, -0.15) is 26.3 Å². The zero-order valence-electron chi connectivity index (χ0n) is 16.0. The molecule has 0 bridgehead atoms. The van der Waals surface area contributed by atoms with E-state index in [4.69, 9.17) is 9.47 Å². The third-order valence-electron chi connectivity index (χ3n) is 4.72. The van der Waals surface area contributed by atoms with Gasteiger partial charge < -0.3 is 9.47 Å². The minimum Gasteiger partial charge on any atom is -0.379 e. The van der Waals surface area contributed by atoms with E-state index in [1.54, 1.807) is 0 Å². The van der Waals surface area contributed by atoms with Crippen LogP contribution in [0.15, 0.2) is 12.1 Å². The highest BCUT2D eigenvalue weighted by Crippen LogP contribution is 2.65. The van der Waals surface area contributed by atoms with Gasteiger partial charge in [-0.05, 0) is 37.1 Å². The van der Waals surface area contributed by atoms with E-state index in [2.05, 4.69) is 0 Å². The van der Waals surface area contributed by atoms with E-state index in [0.717, 1.165) is 22.7 Å². The zero-order chi connectivity index (χ0) is 21.8. The van der Waals surface area contributed by atoms with Gasteiger partial charge in [0.05, 0.1) is 13.2 Å². The molecule has 0 radical (unpaired) electrons. The van der Waals surface area contributed by atoms with Crippen molar-refractivity contribution in [3.8, 4) is 0 Å². The summed E-state index contributed by atoms with van der Waals surface area (Å²) < 4.78 is 97.9. The van der Waals surface area contributed by atoms with E-state index in [0.29, 0.717) is 9.75 Å². The Morgan fingerprint density at radius 2 is 1.03 bits per heavy atom. The molecule has 0 aromatic carbocycles. The van der Waals surface area contributed by atoms with Gasteiger partial charge in [0.2, 0.25) is 0 Å². The van der Waals surface area contributed by atoms with Crippen molar-refractivity contribution in [1.82, 2.24) is 0 Å². The molecular weight excluding hydrogens is 462 g/mol. The van der Waals surface area contributed by atoms with Crippen LogP contribution in [0.1, 0.15) is 45.5 Å². The van der Waals surface area contributed by atoms with Gasteiger partial charge in [0.15, 0.2) is 0 Å². The number of methoxy groups -OCH3 is 2. The van der Waals surface area contributed by atoms with E-state index >= 15 is 0 Å². The zero-order valence-corrected chi connectivity index (χ0v) is 17.6. The Hall–Kier alpha value is -1.36. The molecular formula is C21H26F6O2S2. The molecule has 0 atom stereocenters. The second kappa shape index (κ2) is 9.25. The average Bonchev–Trinajstić information content (AvgIpc) is 3.17. The first-order chi connectivity index (χ1) is 13.4. The van der Waals surface area contributed by atoms with Crippen LogP contribution in [0.25, 0.3) is 11.1 Å². The monoisotopic (exact) mass is 488 g/mol. The Bertz CT molecular complexity index is 885. The van der Waals surface area contributed by atoms with E-state index in [1.165, 1.54) is 40.2 Å². The Balaban J connectivity index is 0.00000240. The summed E-state index contributed by atoms with van der Waals surface area (Å²) in [6, 6.07) is 2.45. The Morgan fingerprint density at radius 3 is 1.32 bits per heavy atom. The summed E-state index contributed by atoms with van der Waals surface area (Å²) in [7, 11) is 2.77. The molecule has 1 aliphatic carbocycles. The fourth-order valence-corrected chi connectivity index (χ4v) is 5.48. The average molecular weight is 489 g/mol. The lowest BCUT2D eigenvalue weighted by molar-refractivity contribution is -0.254. The van der Waals surface area contributed by atoms with Crippen molar-refractivity contribution in [3.63, 3.8) is 0 Å². The molecule has 0 N–H and O–H groups in total. The van der Waals surface area contributed by atoms with Crippen molar-refractivity contribution in [2.75, 3.05) is 14.2 Å². The fourth-order valence-electron chi connectivity index (χ4n) is 3.44. The number of ether oxygens (including phenoxy) is 2. The van der Waals surface area contributed by atoms with Gasteiger partial charge in [-0.15, -0.1) is 22.7 Å². The number of aryl methyl sites for hydroxylation is 2. The number of thiophene rings is 2. The largest absolute Gasteiger partial charge is 0.380 e. The molecule has 176 valence electrons. The highest BCUT2D eigenvalue weighted by molar-refractivity contribution is 7.12. The van der Waals surface area contributed by atoms with Crippen LogP contribution in [-0.2, 0) is 22.7 Å². The highest BCUT2D eigenvalue weighted by atomic mass is 32.1. The van der Waals surface area contributed by atoms with Crippen LogP contribution in [0.3, 0.4) is 0 Å². The summed E-state index contributed by atoms with van der Waals surface area (Å²) >= 11 is 2.08. The molecule has 0 unspecified atom stereocenters. The van der Waals surface area contributed by atoms with Crippen molar-refractivity contribution in [1.29, 1.82) is 0 Å². The van der Waals surface area contributed by atoms with Crippen LogP contribution < -0.4 is 0 Å². The van der Waals surface area contributed by atoms with Crippen LogP contribution >= 0.6 is 22.7 Å². The maximum Gasteiger partial charge on any atom is 0.380 e. The molecule has 10 heteroatoms. The lowest BCUT2D eigenvalue weighted by Crippen LogP contribution is -2.48. The number of allylic oxidation sites excluding steroid dienone is 2. The van der Waals surface area contributed by atoms with Gasteiger partial charge >= 0.3 is 17.8 Å². The third kappa shape index (κ3) is 4.07. The second-order valence-electron chi connectivity index (χ2n) is 6.70. The standard InChI is InChI=1S/C19H18F6O2S2.2CH4/c1-9-13(5-11(28-9)7-26-3)15-16(14-6-12(8-27-4)29-10(14)2)18(22,23)19(24,25)17(15,20)21;;/h5-6H,7-8H2,1-4H3;2*1H4. The summed E-state index contributed by atoms with van der Waals surface area (Å²) in [6.45, 7) is 2.99. The number of alkyl halides is 6. The summed E-state index contributed by atoms with van der Waals surface area (Å²) in [5.41, 5.74) is -3.27. The molecule has 2 heterocycles. The molecule has 1 aliphatic rings. The predicted octanol–water partition coefficient (Wildman–Crippen LogP) is 7.82. The molecule has 2 aromatic rings. The summed E-state index contributed by atoms with van der Waals surface area (Å²) in [4.78, 5) is 1.43. The number of hydrogen-bond donors (Lipinski definition) is 0. The molecule has 0 saturated heterocycles. The topological polar surface area (TPSA) is 18.5 Å². The Labute approximate surface area is 186 Å². The molecule has 0 fully saturated rings. The van der Waals surface area contributed by atoms with Crippen molar-refractivity contribution in [2.45, 2.75) is 59.7 Å². The fraction of sp³-hybridized carbons (Fsp3) is 0.524. The van der Waals surface area contributed by atoms with Crippen LogP contribution in [0.5, 0.6) is 0 Å². The smallest absolute Gasteiger partial charge is 0.379 e. The van der Waals surface area contributed by atoms with Crippen molar-refractivity contribution in [3.05, 3.63) is 42.8 Å². The van der Waals surface area contributed by atoms with E-state index in [9.17, 15) is 26.3 Å². The summed E-state index contributed by atoms with van der Waals surface area (Å²) in [6.07, 6.45) is 0. The number of rotatable bonds is 6. The molecule has 0 amide bonds. The second-order valence-corrected chi connectivity index (χ2v) is 9.39. The van der Waals surface area contributed by atoms with Gasteiger partial charge in [-0.1, -0.05) is 14.9 Å². The van der Waals surface area contributed by atoms with Crippen LogP contribution in [0, 0.1) is 13.8 Å². The van der Waals surface area contributed by atoms with Crippen molar-refractivity contribution >= 4 is 33.8 Å². The normalized spacial score (nSPS) is 18.6. The summed E-state index contributed by atoms with van der Waals surface area (Å²) in [5.74, 6) is -15.6. The minimum absolute atomic E-state index is 0. The van der Waals surface area contributed by atoms with Gasteiger partial charge in [-0.3, -0.25) is 0 Å². The Morgan fingerprint density at radius 1 is 0.710 bits per heavy atom. The summed E-state index contributed by atoms with van der Waals surface area (Å²) in [5, 5.41) is 0. The van der Waals surface area contributed by atoms with Gasteiger partial charge in [0.25, 0.3) is 0 Å². The van der Waals surface area contributed by atoms with E-state index < -0.39 is 28.9 Å². The lowest BCUT2D eigenvalue weighted by atomic mass is 9.95. The van der Waals surface area contributed by atoms with Gasteiger partial charge in [0.1, 0.15) is 0 Å². The molecule has 0 spiro atoms. The van der Waals surface area contributed by atoms with Crippen LogP contribution in [0.2, 0.25) is 0 Å². The first kappa shape index (κ1) is 27.7. The molecule has 0 saturated carbocycles. The first-order valence-electron chi connectivity index (χ1n) is 8.46. The van der Waals surface area contributed by atoms with Gasteiger partial charge in [-0.25, -0.2) is 0 Å². The minimum atomic E-state index is -5.56. The maximum absolute atomic E-state index is 14.8. The van der Waals surface area contributed by atoms with Crippen molar-refractivity contribution < 1.29 is 35.8 Å². The lowest BCUT2D eigenvalue weighted by Gasteiger charge is -2.25. The maximum atomic E-state index is 14.8. The van der Waals surface area contributed by atoms with Crippen LogP contribution in [0.4, 0.5) is 26.3 Å². The van der Waals surface area contributed by atoms with E-state index in [1.807, 2.05) is 0 Å². The Kier molecular flexibility index (Phi) is 8.26. The highest BCUT2D eigenvalue weighted by Gasteiger charge is 2.80. The molecule has 2 nitrogen and oxygen atoms in total. The predicted molar refractivity (Wildman–Crippen MR) is 115 cm³/mol. The molecule has 0 aliphatic heterocycles. The first-order valence-corrected chi connectivity index (χ1v) is 10.1. The SMILES string of the molecule is C.C.COCc1cc(C2=C(c3cc(COC)sc3C)C(F)(F)C(F)(F)C2(F)F)c(C)s1. The molecule has 31 heavy (non-hydrogen) atoms. The number of hydrogen-bond acceptors (Lipinski definition) is 4. The van der Waals surface area contributed by atoms with Gasteiger partial charge in [0, 0.05) is 44.9 Å². The van der Waals surface area contributed by atoms with E-state index in [-0.39, 0.29) is 48.9 Å². The molecule has 3 rings (SSSR count). The third-order valence-corrected chi connectivity index (χ3v) is 6.76.